The highest BCUT2D eigenvalue weighted by atomic mass is 16.5. The molecule has 32 heavy (non-hydrogen) atoms. The van der Waals surface area contributed by atoms with Crippen LogP contribution in [0.1, 0.15) is 46.1 Å². The molecule has 0 radical (unpaired) electrons. The van der Waals surface area contributed by atoms with Gasteiger partial charge in [-0.3, -0.25) is 9.59 Å². The highest BCUT2D eigenvalue weighted by Gasteiger charge is 2.27. The van der Waals surface area contributed by atoms with Crippen LogP contribution in [0.3, 0.4) is 0 Å². The lowest BCUT2D eigenvalue weighted by atomic mass is 10.1. The number of rotatable bonds is 11. The molecule has 0 saturated carbocycles. The molecule has 0 aliphatic rings. The summed E-state index contributed by atoms with van der Waals surface area (Å²) in [6.07, 6.45) is 1.58. The summed E-state index contributed by atoms with van der Waals surface area (Å²) in [6, 6.07) is 16.8. The zero-order valence-corrected chi connectivity index (χ0v) is 19.9. The monoisotopic (exact) mass is 440 g/mol. The number of benzene rings is 2. The van der Waals surface area contributed by atoms with Crippen LogP contribution in [-0.2, 0) is 16.0 Å². The minimum absolute atomic E-state index is 0.0455. The SMILES string of the molecule is COc1ccc(OCCCC(=O)N(CCc2ccccc2)C(C)C(=O)NC(C)(C)C)cc1. The second-order valence-electron chi connectivity index (χ2n) is 8.87. The largest absolute Gasteiger partial charge is 0.497 e. The first-order valence-corrected chi connectivity index (χ1v) is 11.1. The average Bonchev–Trinajstić information content (AvgIpc) is 2.76. The Labute approximate surface area is 191 Å². The zero-order valence-electron chi connectivity index (χ0n) is 19.9. The molecule has 0 spiro atoms. The Kier molecular flexibility index (Phi) is 9.57. The van der Waals surface area contributed by atoms with E-state index in [2.05, 4.69) is 5.32 Å². The van der Waals surface area contributed by atoms with E-state index in [0.717, 1.165) is 17.1 Å². The highest BCUT2D eigenvalue weighted by Crippen LogP contribution is 2.17. The van der Waals surface area contributed by atoms with E-state index in [0.29, 0.717) is 32.4 Å². The zero-order chi connectivity index (χ0) is 23.6. The van der Waals surface area contributed by atoms with Crippen molar-refractivity contribution in [3.63, 3.8) is 0 Å². The van der Waals surface area contributed by atoms with Crippen LogP contribution in [0.15, 0.2) is 54.6 Å². The van der Waals surface area contributed by atoms with Crippen molar-refractivity contribution in [1.29, 1.82) is 0 Å². The lowest BCUT2D eigenvalue weighted by Gasteiger charge is -2.31. The lowest BCUT2D eigenvalue weighted by Crippen LogP contribution is -2.53. The predicted molar refractivity (Wildman–Crippen MR) is 127 cm³/mol. The molecular formula is C26H36N2O4. The third kappa shape index (κ3) is 8.61. The van der Waals surface area contributed by atoms with Gasteiger partial charge in [0.25, 0.3) is 0 Å². The van der Waals surface area contributed by atoms with Crippen molar-refractivity contribution >= 4 is 11.8 Å². The van der Waals surface area contributed by atoms with Gasteiger partial charge in [-0.2, -0.15) is 0 Å². The molecular weight excluding hydrogens is 404 g/mol. The van der Waals surface area contributed by atoms with Gasteiger partial charge in [0.05, 0.1) is 13.7 Å². The van der Waals surface area contributed by atoms with E-state index in [4.69, 9.17) is 9.47 Å². The summed E-state index contributed by atoms with van der Waals surface area (Å²) >= 11 is 0. The number of carbonyl (C=O) groups is 2. The van der Waals surface area contributed by atoms with Crippen molar-refractivity contribution in [2.45, 2.75) is 58.5 Å². The van der Waals surface area contributed by atoms with Crippen molar-refractivity contribution in [3.8, 4) is 11.5 Å². The molecule has 1 atom stereocenters. The van der Waals surface area contributed by atoms with Gasteiger partial charge in [-0.25, -0.2) is 0 Å². The number of hydrogen-bond acceptors (Lipinski definition) is 4. The molecule has 6 nitrogen and oxygen atoms in total. The Balaban J connectivity index is 1.94. The van der Waals surface area contributed by atoms with E-state index in [1.165, 1.54) is 0 Å². The van der Waals surface area contributed by atoms with Crippen LogP contribution in [0.2, 0.25) is 0 Å². The summed E-state index contributed by atoms with van der Waals surface area (Å²) < 4.78 is 10.9. The van der Waals surface area contributed by atoms with Crippen LogP contribution in [-0.4, -0.2) is 48.6 Å². The fourth-order valence-electron chi connectivity index (χ4n) is 3.27. The maximum Gasteiger partial charge on any atom is 0.242 e. The van der Waals surface area contributed by atoms with Gasteiger partial charge in [0, 0.05) is 18.5 Å². The Morgan fingerprint density at radius 1 is 1.00 bits per heavy atom. The van der Waals surface area contributed by atoms with Gasteiger partial charge in [0.1, 0.15) is 17.5 Å². The first-order valence-electron chi connectivity index (χ1n) is 11.1. The second-order valence-corrected chi connectivity index (χ2v) is 8.87. The summed E-state index contributed by atoms with van der Waals surface area (Å²) in [7, 11) is 1.62. The molecule has 0 bridgehead atoms. The smallest absolute Gasteiger partial charge is 0.242 e. The molecule has 0 fully saturated rings. The number of carbonyl (C=O) groups excluding carboxylic acids is 2. The molecule has 1 unspecified atom stereocenters. The Morgan fingerprint density at radius 3 is 2.22 bits per heavy atom. The number of hydrogen-bond donors (Lipinski definition) is 1. The average molecular weight is 441 g/mol. The van der Waals surface area contributed by atoms with E-state index in [1.807, 2.05) is 75.4 Å². The number of methoxy groups -OCH3 is 1. The van der Waals surface area contributed by atoms with Crippen molar-refractivity contribution in [1.82, 2.24) is 10.2 Å². The van der Waals surface area contributed by atoms with Crippen molar-refractivity contribution in [3.05, 3.63) is 60.2 Å². The highest BCUT2D eigenvalue weighted by molar-refractivity contribution is 5.87. The summed E-state index contributed by atoms with van der Waals surface area (Å²) in [5.41, 5.74) is 0.780. The maximum atomic E-state index is 13.0. The Bertz CT molecular complexity index is 844. The Morgan fingerprint density at radius 2 is 1.62 bits per heavy atom. The minimum atomic E-state index is -0.548. The predicted octanol–water partition coefficient (Wildman–Crippen LogP) is 4.23. The van der Waals surface area contributed by atoms with Crippen molar-refractivity contribution < 1.29 is 19.1 Å². The summed E-state index contributed by atoms with van der Waals surface area (Å²) in [6.45, 7) is 8.50. The van der Waals surface area contributed by atoms with Gasteiger partial charge >= 0.3 is 0 Å². The molecule has 6 heteroatoms. The van der Waals surface area contributed by atoms with E-state index < -0.39 is 6.04 Å². The van der Waals surface area contributed by atoms with E-state index >= 15 is 0 Å². The third-order valence-corrected chi connectivity index (χ3v) is 5.01. The summed E-state index contributed by atoms with van der Waals surface area (Å²) in [4.78, 5) is 27.5. The first-order chi connectivity index (χ1) is 15.2. The van der Waals surface area contributed by atoms with Gasteiger partial charge in [0.15, 0.2) is 0 Å². The molecule has 0 aliphatic heterocycles. The second kappa shape index (κ2) is 12.1. The van der Waals surface area contributed by atoms with Crippen LogP contribution >= 0.6 is 0 Å². The summed E-state index contributed by atoms with van der Waals surface area (Å²) in [5, 5.41) is 2.98. The van der Waals surface area contributed by atoms with Gasteiger partial charge in [0.2, 0.25) is 11.8 Å². The molecule has 2 aromatic carbocycles. The minimum Gasteiger partial charge on any atom is -0.497 e. The van der Waals surface area contributed by atoms with Crippen LogP contribution in [0, 0.1) is 0 Å². The molecule has 0 heterocycles. The van der Waals surface area contributed by atoms with Crippen molar-refractivity contribution in [2.75, 3.05) is 20.3 Å². The molecule has 174 valence electrons. The molecule has 0 saturated heterocycles. The summed E-state index contributed by atoms with van der Waals surface area (Å²) in [5.74, 6) is 1.31. The van der Waals surface area contributed by atoms with Gasteiger partial charge < -0.3 is 19.7 Å². The van der Waals surface area contributed by atoms with Gasteiger partial charge in [-0.05, 0) is 70.4 Å². The Hall–Kier alpha value is -3.02. The maximum absolute atomic E-state index is 13.0. The van der Waals surface area contributed by atoms with Crippen LogP contribution in [0.25, 0.3) is 0 Å². The molecule has 2 aromatic rings. The standard InChI is InChI=1S/C26H36N2O4/c1-20(25(30)27-26(2,3)4)28(18-17-21-10-7-6-8-11-21)24(29)12-9-19-32-23-15-13-22(31-5)14-16-23/h6-8,10-11,13-16,20H,9,12,17-19H2,1-5H3,(H,27,30). The van der Waals surface area contributed by atoms with Gasteiger partial charge in [-0.1, -0.05) is 30.3 Å². The molecule has 2 rings (SSSR count). The van der Waals surface area contributed by atoms with Crippen LogP contribution < -0.4 is 14.8 Å². The molecule has 0 aliphatic carbocycles. The third-order valence-electron chi connectivity index (χ3n) is 5.01. The normalized spacial score (nSPS) is 12.0. The lowest BCUT2D eigenvalue weighted by molar-refractivity contribution is -0.140. The molecule has 0 aromatic heterocycles. The van der Waals surface area contributed by atoms with E-state index in [9.17, 15) is 9.59 Å². The van der Waals surface area contributed by atoms with Gasteiger partial charge in [-0.15, -0.1) is 0 Å². The van der Waals surface area contributed by atoms with Crippen LogP contribution in [0.5, 0.6) is 11.5 Å². The van der Waals surface area contributed by atoms with Crippen LogP contribution in [0.4, 0.5) is 0 Å². The number of ether oxygens (including phenoxy) is 2. The quantitative estimate of drug-likeness (QED) is 0.531. The molecule has 2 amide bonds. The van der Waals surface area contributed by atoms with Crippen molar-refractivity contribution in [2.24, 2.45) is 0 Å². The fraction of sp³-hybridized carbons (Fsp3) is 0.462. The first kappa shape index (κ1) is 25.2. The number of nitrogens with one attached hydrogen (secondary N) is 1. The van der Waals surface area contributed by atoms with E-state index in [1.54, 1.807) is 18.9 Å². The number of amides is 2. The van der Waals surface area contributed by atoms with E-state index in [-0.39, 0.29) is 17.4 Å². The topological polar surface area (TPSA) is 67.9 Å². The molecule has 1 N–H and O–H groups in total. The fourth-order valence-corrected chi connectivity index (χ4v) is 3.27. The number of nitrogens with zero attached hydrogens (tertiary/aromatic N) is 1.